The van der Waals surface area contributed by atoms with Crippen LogP contribution in [0.1, 0.15) is 37.1 Å². The van der Waals surface area contributed by atoms with Crippen molar-refractivity contribution < 1.29 is 4.74 Å². The predicted molar refractivity (Wildman–Crippen MR) is 146 cm³/mol. The van der Waals surface area contributed by atoms with Gasteiger partial charge in [0.1, 0.15) is 17.1 Å². The van der Waals surface area contributed by atoms with Crippen LogP contribution in [0.25, 0.3) is 28.0 Å². The zero-order valence-corrected chi connectivity index (χ0v) is 22.0. The van der Waals surface area contributed by atoms with Gasteiger partial charge in [-0.05, 0) is 68.2 Å². The minimum absolute atomic E-state index is 0.183. The fourth-order valence-electron chi connectivity index (χ4n) is 3.92. The van der Waals surface area contributed by atoms with E-state index in [0.717, 1.165) is 51.6 Å². The Morgan fingerprint density at radius 3 is 2.57 bits per heavy atom. The Bertz CT molecular complexity index is 1750. The Morgan fingerprint density at radius 1 is 1.05 bits per heavy atom. The molecule has 8 nitrogen and oxygen atoms in total. The van der Waals surface area contributed by atoms with Gasteiger partial charge in [-0.15, -0.1) is 0 Å². The van der Waals surface area contributed by atoms with Crippen LogP contribution in [0.2, 0.25) is 0 Å². The molecule has 188 valence electrons. The average molecular weight is 514 g/mol. The molecule has 9 heteroatoms. The van der Waals surface area contributed by atoms with Crippen LogP contribution in [0.3, 0.4) is 0 Å². The van der Waals surface area contributed by atoms with Gasteiger partial charge in [-0.1, -0.05) is 43.4 Å². The van der Waals surface area contributed by atoms with E-state index >= 15 is 0 Å². The first-order valence-electron chi connectivity index (χ1n) is 12.1. The van der Waals surface area contributed by atoms with Crippen molar-refractivity contribution in [1.82, 2.24) is 24.4 Å². The van der Waals surface area contributed by atoms with E-state index in [1.165, 1.54) is 4.52 Å². The van der Waals surface area contributed by atoms with Crippen LogP contribution < -0.4 is 20.4 Å². The molecule has 0 saturated heterocycles. The number of aryl methyl sites for hydroxylation is 2. The molecule has 2 aromatic carbocycles. The first kappa shape index (κ1) is 24.6. The first-order valence-corrected chi connectivity index (χ1v) is 12.9. The summed E-state index contributed by atoms with van der Waals surface area (Å²) in [4.78, 5) is 29.3. The third-order valence-corrected chi connectivity index (χ3v) is 6.95. The lowest BCUT2D eigenvalue weighted by Gasteiger charge is -2.11. The van der Waals surface area contributed by atoms with E-state index in [0.29, 0.717) is 17.1 Å². The van der Waals surface area contributed by atoms with Gasteiger partial charge in [0.2, 0.25) is 4.96 Å². The average Bonchev–Trinajstić information content (AvgIpc) is 3.42. The molecule has 37 heavy (non-hydrogen) atoms. The summed E-state index contributed by atoms with van der Waals surface area (Å²) in [7, 11) is 0. The molecular formula is C28H27N5O3S. The monoisotopic (exact) mass is 513 g/mol. The molecule has 3 aromatic heterocycles. The van der Waals surface area contributed by atoms with E-state index in [9.17, 15) is 9.59 Å². The smallest absolute Gasteiger partial charge is 0.295 e. The van der Waals surface area contributed by atoms with Gasteiger partial charge in [0.15, 0.2) is 0 Å². The number of rotatable bonds is 7. The summed E-state index contributed by atoms with van der Waals surface area (Å²) < 4.78 is 9.39. The van der Waals surface area contributed by atoms with Gasteiger partial charge in [0.25, 0.3) is 11.1 Å². The maximum atomic E-state index is 13.1. The fraction of sp³-hybridized carbons (Fsp3) is 0.250. The third kappa shape index (κ3) is 5.08. The van der Waals surface area contributed by atoms with Crippen molar-refractivity contribution in [2.75, 3.05) is 6.61 Å². The highest BCUT2D eigenvalue weighted by atomic mass is 32.1. The molecule has 0 amide bonds. The Labute approximate surface area is 217 Å². The number of para-hydroxylation sites is 1. The summed E-state index contributed by atoms with van der Waals surface area (Å²) in [5, 5.41) is 8.99. The Kier molecular flexibility index (Phi) is 6.71. The zero-order chi connectivity index (χ0) is 26.1. The van der Waals surface area contributed by atoms with Gasteiger partial charge in [-0.3, -0.25) is 9.59 Å². The number of thiazole rings is 1. The molecule has 3 heterocycles. The second-order valence-corrected chi connectivity index (χ2v) is 10.3. The molecule has 0 saturated carbocycles. The molecule has 0 unspecified atom stereocenters. The van der Waals surface area contributed by atoms with E-state index in [-0.39, 0.29) is 16.2 Å². The molecule has 0 aliphatic rings. The number of hydrogen-bond donors (Lipinski definition) is 0. The molecular weight excluding hydrogens is 486 g/mol. The van der Waals surface area contributed by atoms with Gasteiger partial charge >= 0.3 is 0 Å². The van der Waals surface area contributed by atoms with Crippen molar-refractivity contribution >= 4 is 22.4 Å². The summed E-state index contributed by atoms with van der Waals surface area (Å²) in [6.45, 7) is 8.58. The predicted octanol–water partition coefficient (Wildman–Crippen LogP) is 3.95. The third-order valence-electron chi connectivity index (χ3n) is 5.99. The van der Waals surface area contributed by atoms with Crippen LogP contribution in [0.5, 0.6) is 5.75 Å². The second-order valence-electron chi connectivity index (χ2n) is 9.34. The molecule has 0 atom stereocenters. The van der Waals surface area contributed by atoms with E-state index < -0.39 is 5.56 Å². The second kappa shape index (κ2) is 10.1. The molecule has 5 aromatic rings. The summed E-state index contributed by atoms with van der Waals surface area (Å²) in [6, 6.07) is 15.8. The minimum Gasteiger partial charge on any atom is -0.493 e. The minimum atomic E-state index is -0.434. The molecule has 0 fully saturated rings. The molecule has 0 aliphatic carbocycles. The number of nitrogens with zero attached hydrogens (tertiary/aromatic N) is 5. The van der Waals surface area contributed by atoms with E-state index in [1.54, 1.807) is 17.7 Å². The first-order chi connectivity index (χ1) is 17.8. The molecule has 0 N–H and O–H groups in total. The van der Waals surface area contributed by atoms with Gasteiger partial charge in [-0.25, -0.2) is 4.68 Å². The maximum absolute atomic E-state index is 13.1. The summed E-state index contributed by atoms with van der Waals surface area (Å²) in [6.07, 6.45) is 4.67. The number of aromatic nitrogens is 5. The number of fused-ring (bicyclic) bond motifs is 1. The lowest BCUT2D eigenvalue weighted by Crippen LogP contribution is -2.27. The lowest BCUT2D eigenvalue weighted by molar-refractivity contribution is 0.288. The van der Waals surface area contributed by atoms with E-state index in [1.807, 2.05) is 61.7 Å². The molecule has 5 rings (SSSR count). The summed E-state index contributed by atoms with van der Waals surface area (Å²) >= 11 is 1.13. The fourth-order valence-corrected chi connectivity index (χ4v) is 4.82. The van der Waals surface area contributed by atoms with Crippen molar-refractivity contribution in [3.8, 4) is 22.7 Å². The van der Waals surface area contributed by atoms with Crippen LogP contribution in [0.15, 0.2) is 64.3 Å². The van der Waals surface area contributed by atoms with Crippen LogP contribution in [-0.2, 0) is 0 Å². The highest BCUT2D eigenvalue weighted by Gasteiger charge is 2.15. The maximum Gasteiger partial charge on any atom is 0.295 e. The largest absolute Gasteiger partial charge is 0.493 e. The van der Waals surface area contributed by atoms with Crippen LogP contribution in [0.4, 0.5) is 0 Å². The molecule has 0 radical (unpaired) electrons. The van der Waals surface area contributed by atoms with E-state index in [4.69, 9.17) is 9.84 Å². The highest BCUT2D eigenvalue weighted by molar-refractivity contribution is 7.15. The Morgan fingerprint density at radius 2 is 1.84 bits per heavy atom. The number of ether oxygens (including phenoxy) is 1. The Hall–Kier alpha value is -4.11. The molecule has 0 bridgehead atoms. The van der Waals surface area contributed by atoms with Crippen LogP contribution >= 0.6 is 11.3 Å². The zero-order valence-electron chi connectivity index (χ0n) is 21.1. The van der Waals surface area contributed by atoms with Crippen molar-refractivity contribution in [2.24, 2.45) is 5.92 Å². The van der Waals surface area contributed by atoms with Crippen molar-refractivity contribution in [2.45, 2.75) is 34.1 Å². The number of hydrogen-bond acceptors (Lipinski definition) is 7. The SMILES string of the molecule is Cc1cc(-c2nn(-c3ccccc3)cc2C=c2sc3nc(=O)c(C)nn3c2=O)ccc1OCCC(C)C. The number of benzene rings is 2. The quantitative estimate of drug-likeness (QED) is 0.327. The van der Waals surface area contributed by atoms with Crippen molar-refractivity contribution in [3.05, 3.63) is 96.8 Å². The molecule has 0 spiro atoms. The summed E-state index contributed by atoms with van der Waals surface area (Å²) in [5.74, 6) is 1.42. The lowest BCUT2D eigenvalue weighted by atomic mass is 10.0. The van der Waals surface area contributed by atoms with Crippen molar-refractivity contribution in [3.63, 3.8) is 0 Å². The van der Waals surface area contributed by atoms with Crippen LogP contribution in [-0.4, -0.2) is 31.0 Å². The van der Waals surface area contributed by atoms with E-state index in [2.05, 4.69) is 23.9 Å². The van der Waals surface area contributed by atoms with Crippen LogP contribution in [0, 0.1) is 19.8 Å². The molecule has 0 aliphatic heterocycles. The van der Waals surface area contributed by atoms with Gasteiger partial charge in [0, 0.05) is 17.3 Å². The van der Waals surface area contributed by atoms with Crippen molar-refractivity contribution in [1.29, 1.82) is 0 Å². The Balaban J connectivity index is 1.62. The highest BCUT2D eigenvalue weighted by Crippen LogP contribution is 2.29. The topological polar surface area (TPSA) is 91.4 Å². The van der Waals surface area contributed by atoms with Gasteiger partial charge in [-0.2, -0.15) is 19.7 Å². The normalized spacial score (nSPS) is 12.1. The summed E-state index contributed by atoms with van der Waals surface area (Å²) in [5.41, 5.74) is 3.74. The standard InChI is InChI=1S/C28H27N5O3S/c1-17(2)12-13-36-23-11-10-20(14-18(23)3)25-21(16-32(31-25)22-8-6-5-7-9-22)15-24-27(35)33-28(37-24)29-26(34)19(4)30-33/h5-11,14-17H,12-13H2,1-4H3. The van der Waals surface area contributed by atoms with Gasteiger partial charge in [0.05, 0.1) is 16.8 Å². The van der Waals surface area contributed by atoms with Gasteiger partial charge < -0.3 is 4.74 Å².